The number of aromatic nitrogens is 1. The highest BCUT2D eigenvalue weighted by molar-refractivity contribution is 7.16. The minimum atomic E-state index is -3.33. The first-order valence-corrected chi connectivity index (χ1v) is 29.2. The fourth-order valence-electron chi connectivity index (χ4n) is 13.8. The van der Waals surface area contributed by atoms with Crippen molar-refractivity contribution in [3.63, 3.8) is 0 Å². The van der Waals surface area contributed by atoms with Gasteiger partial charge in [-0.05, 0) is 131 Å². The van der Waals surface area contributed by atoms with Gasteiger partial charge in [-0.2, -0.15) is 0 Å². The highest BCUT2D eigenvalue weighted by Gasteiger charge is 2.51. The summed E-state index contributed by atoms with van der Waals surface area (Å²) in [5.41, 5.74) is 20.9. The Morgan fingerprint density at radius 2 is 0.910 bits per heavy atom. The molecule has 3 heteroatoms. The first kappa shape index (κ1) is 45.8. The molecule has 2 bridgehead atoms. The Hall–Kier alpha value is -9.54. The predicted octanol–water partition coefficient (Wildman–Crippen LogP) is 17.4. The van der Waals surface area contributed by atoms with Crippen LogP contribution in [0.1, 0.15) is 41.0 Å². The Labute approximate surface area is 455 Å². The van der Waals surface area contributed by atoms with Gasteiger partial charge in [-0.25, -0.2) is 0 Å². The van der Waals surface area contributed by atoms with E-state index in [0.29, 0.717) is 0 Å². The first-order chi connectivity index (χ1) is 38.6. The van der Waals surface area contributed by atoms with Crippen LogP contribution in [0.2, 0.25) is 0 Å². The molecule has 2 unspecified atom stereocenters. The van der Waals surface area contributed by atoms with Crippen molar-refractivity contribution in [3.05, 3.63) is 324 Å². The molecule has 0 saturated carbocycles. The number of allylic oxidation sites excluding steroid dienone is 5. The Bertz CT molecular complexity index is 4510. The largest absolute Gasteiger partial charge is 0.456 e. The number of hydrogen-bond donors (Lipinski definition) is 0. The highest BCUT2D eigenvalue weighted by Crippen LogP contribution is 2.59. The molecule has 0 aliphatic heterocycles. The molecule has 2 heterocycles. The number of furan rings is 1. The van der Waals surface area contributed by atoms with Crippen molar-refractivity contribution in [2.45, 2.75) is 18.8 Å². The smallest absolute Gasteiger partial charge is 0.179 e. The lowest BCUT2D eigenvalue weighted by atomic mass is 9.60. The summed E-state index contributed by atoms with van der Waals surface area (Å²) in [5.74, 6) is -0.0625. The number of fused-ring (bicyclic) bond motifs is 6. The lowest BCUT2D eigenvalue weighted by Crippen LogP contribution is -2.69. The predicted molar refractivity (Wildman–Crippen MR) is 329 cm³/mol. The molecule has 3 aliphatic carbocycles. The second-order valence-electron chi connectivity index (χ2n) is 21.1. The zero-order valence-corrected chi connectivity index (χ0v) is 44.3. The van der Waals surface area contributed by atoms with Crippen LogP contribution in [-0.4, -0.2) is 12.6 Å². The minimum Gasteiger partial charge on any atom is -0.456 e. The van der Waals surface area contributed by atoms with Gasteiger partial charge < -0.3 is 8.98 Å². The fourth-order valence-corrected chi connectivity index (χ4v) is 19.0. The molecule has 0 radical (unpaired) electrons. The molecule has 3 aliphatic rings. The van der Waals surface area contributed by atoms with Crippen LogP contribution < -0.4 is 15.6 Å². The van der Waals surface area contributed by atoms with Crippen molar-refractivity contribution in [2.24, 2.45) is 0 Å². The summed E-state index contributed by atoms with van der Waals surface area (Å²) in [7, 11) is -3.33. The third kappa shape index (κ3) is 6.95. The molecule has 0 fully saturated rings. The van der Waals surface area contributed by atoms with E-state index in [1.54, 1.807) is 0 Å². The van der Waals surface area contributed by atoms with Crippen LogP contribution in [-0.2, 0) is 0 Å². The average molecular weight is 1010 g/mol. The fraction of sp³-hybridized carbons (Fsp3) is 0.0400. The highest BCUT2D eigenvalue weighted by atomic mass is 28.3. The van der Waals surface area contributed by atoms with Crippen molar-refractivity contribution in [2.75, 3.05) is 0 Å². The zero-order valence-electron chi connectivity index (χ0n) is 43.3. The van der Waals surface area contributed by atoms with Crippen molar-refractivity contribution < 1.29 is 4.42 Å². The molecule has 0 amide bonds. The van der Waals surface area contributed by atoms with E-state index in [1.165, 1.54) is 115 Å². The monoisotopic (exact) mass is 1010 g/mol. The van der Waals surface area contributed by atoms with Gasteiger partial charge in [0.25, 0.3) is 0 Å². The van der Waals surface area contributed by atoms with Crippen molar-refractivity contribution in [1.29, 1.82) is 0 Å². The summed E-state index contributed by atoms with van der Waals surface area (Å²) in [6.45, 7) is 7.03. The van der Waals surface area contributed by atoms with Crippen LogP contribution >= 0.6 is 0 Å². The number of rotatable bonds is 10. The molecule has 2 aromatic heterocycles. The van der Waals surface area contributed by atoms with E-state index in [0.717, 1.165) is 21.9 Å². The van der Waals surface area contributed by atoms with Crippen molar-refractivity contribution in [1.82, 2.24) is 4.57 Å². The molecule has 2 nitrogen and oxygen atoms in total. The molecule has 0 N–H and O–H groups in total. The van der Waals surface area contributed by atoms with Crippen molar-refractivity contribution >= 4 is 67.4 Å². The van der Waals surface area contributed by atoms with Gasteiger partial charge >= 0.3 is 0 Å². The van der Waals surface area contributed by atoms with Crippen molar-refractivity contribution in [3.8, 4) is 39.1 Å². The summed E-state index contributed by atoms with van der Waals surface area (Å²) in [6, 6.07) is 99.6. The van der Waals surface area contributed by atoms with Gasteiger partial charge in [-0.3, -0.25) is 0 Å². The van der Waals surface area contributed by atoms with Gasteiger partial charge in [-0.15, -0.1) is 0 Å². The van der Waals surface area contributed by atoms with Crippen LogP contribution in [0, 0.1) is 0 Å². The maximum atomic E-state index is 6.27. The van der Waals surface area contributed by atoms with E-state index < -0.39 is 8.07 Å². The van der Waals surface area contributed by atoms with Crippen LogP contribution in [0.3, 0.4) is 0 Å². The van der Waals surface area contributed by atoms with Crippen LogP contribution in [0.5, 0.6) is 0 Å². The van der Waals surface area contributed by atoms with Crippen LogP contribution in [0.15, 0.2) is 306 Å². The number of benzene rings is 11. The second kappa shape index (κ2) is 18.3. The normalized spacial score (nSPS) is 15.1. The first-order valence-electron chi connectivity index (χ1n) is 27.2. The van der Waals surface area contributed by atoms with Gasteiger partial charge in [-0.1, -0.05) is 249 Å². The Kier molecular flexibility index (Phi) is 10.8. The summed E-state index contributed by atoms with van der Waals surface area (Å²) in [5, 5.41) is 10.1. The third-order valence-electron chi connectivity index (χ3n) is 17.1. The van der Waals surface area contributed by atoms with Crippen LogP contribution in [0.25, 0.3) is 82.8 Å². The van der Waals surface area contributed by atoms with Gasteiger partial charge in [0.2, 0.25) is 0 Å². The third-order valence-corrected chi connectivity index (χ3v) is 21.9. The van der Waals surface area contributed by atoms with Gasteiger partial charge in [0, 0.05) is 33.4 Å². The quantitative estimate of drug-likeness (QED) is 0.0758. The SMILES string of the molecule is C=C/C=C(\C1=C(C)C2c3ccccc3C1c1c2cccc1-n1c2ccccc2c2cc(-c3ccc4oc5ccccc5c4c3)ccc21)[Si](c1ccccc1)(c1cccc(-c2ccccc2)c1)c1cccc(-c2ccccc2)c1. The molecule has 0 saturated heterocycles. The standard InChI is InChI=1S/C75H53NOSi/c1-3-22-71(78(56-29-11-6-12-30-56,57-31-19-27-52(45-57)50-23-7-4-8-24-50)58-32-20-28-53(46-58)51-25-9-5-10-26-51)73-49(2)72-61-35-13-14-36-62(61)75(73)74-63(72)37-21-39-68(74)76-66-38-17-15-33-59(66)64-47-54(41-43-67(64)76)55-42-44-70-65(48-55)60-34-16-18-40-69(60)77-70/h3-48,72,75H,1H2,2H3/b71-22+. The molecular weight excluding hydrogens is 959 g/mol. The molecule has 11 aromatic carbocycles. The second-order valence-corrected chi connectivity index (χ2v) is 24.9. The Morgan fingerprint density at radius 3 is 1.60 bits per heavy atom. The zero-order chi connectivity index (χ0) is 51.9. The van der Waals surface area contributed by atoms with E-state index in [9.17, 15) is 0 Å². The minimum absolute atomic E-state index is 0.0340. The van der Waals surface area contributed by atoms with Crippen LogP contribution in [0.4, 0.5) is 0 Å². The van der Waals surface area contributed by atoms with Gasteiger partial charge in [0.15, 0.2) is 8.07 Å². The lowest BCUT2D eigenvalue weighted by molar-refractivity contribution is 0.669. The lowest BCUT2D eigenvalue weighted by Gasteiger charge is -2.48. The van der Waals surface area contributed by atoms with E-state index in [-0.39, 0.29) is 11.8 Å². The summed E-state index contributed by atoms with van der Waals surface area (Å²) < 4.78 is 8.84. The maximum absolute atomic E-state index is 6.27. The molecule has 16 rings (SSSR count). The molecular formula is C75H53NOSi. The summed E-state index contributed by atoms with van der Waals surface area (Å²) >= 11 is 0. The molecule has 78 heavy (non-hydrogen) atoms. The summed E-state index contributed by atoms with van der Waals surface area (Å²) in [4.78, 5) is 0. The molecule has 0 spiro atoms. The Balaban J connectivity index is 0.988. The van der Waals surface area contributed by atoms with E-state index in [4.69, 9.17) is 4.42 Å². The average Bonchev–Trinajstić information content (AvgIpc) is 3.90. The summed E-state index contributed by atoms with van der Waals surface area (Å²) in [6.07, 6.45) is 4.49. The molecule has 13 aromatic rings. The van der Waals surface area contributed by atoms with E-state index in [1.807, 2.05) is 6.07 Å². The maximum Gasteiger partial charge on any atom is 0.179 e. The number of para-hydroxylation sites is 2. The topological polar surface area (TPSA) is 18.1 Å². The van der Waals surface area contributed by atoms with E-state index >= 15 is 0 Å². The van der Waals surface area contributed by atoms with E-state index in [2.05, 4.69) is 291 Å². The number of hydrogen-bond acceptors (Lipinski definition) is 1. The Morgan fingerprint density at radius 1 is 0.410 bits per heavy atom. The number of nitrogens with zero attached hydrogens (tertiary/aromatic N) is 1. The molecule has 368 valence electrons. The van der Waals surface area contributed by atoms with Gasteiger partial charge in [0.1, 0.15) is 11.2 Å². The molecule has 2 atom stereocenters. The van der Waals surface area contributed by atoms with Gasteiger partial charge in [0.05, 0.1) is 16.7 Å².